The minimum absolute atomic E-state index is 0.114. The van der Waals surface area contributed by atoms with Crippen molar-refractivity contribution in [2.45, 2.75) is 26.1 Å². The molecule has 0 aliphatic carbocycles. The molecule has 102 valence electrons. The normalized spacial score (nSPS) is 20.4. The van der Waals surface area contributed by atoms with Crippen molar-refractivity contribution in [2.75, 3.05) is 6.61 Å². The first kappa shape index (κ1) is 14.0. The van der Waals surface area contributed by atoms with E-state index in [9.17, 15) is 15.3 Å². The van der Waals surface area contributed by atoms with E-state index in [0.29, 0.717) is 13.2 Å². The highest BCUT2D eigenvalue weighted by molar-refractivity contribution is 5.81. The topological polar surface area (TPSA) is 77.1 Å². The van der Waals surface area contributed by atoms with Crippen LogP contribution in [0.25, 0.3) is 0 Å². The predicted molar refractivity (Wildman–Crippen MR) is 70.7 cm³/mol. The Bertz CT molecular complexity index is 557. The lowest BCUT2D eigenvalue weighted by atomic mass is 9.89. The van der Waals surface area contributed by atoms with E-state index in [1.54, 1.807) is 6.92 Å². The lowest BCUT2D eigenvalue weighted by Gasteiger charge is -2.28. The first-order chi connectivity index (χ1) is 9.66. The summed E-state index contributed by atoms with van der Waals surface area (Å²) in [6.07, 6.45) is -0.924. The van der Waals surface area contributed by atoms with Crippen LogP contribution >= 0.6 is 0 Å². The second-order valence-corrected chi connectivity index (χ2v) is 4.69. The first-order valence-corrected chi connectivity index (χ1v) is 6.44. The Labute approximate surface area is 118 Å². The molecule has 20 heavy (non-hydrogen) atoms. The highest BCUT2D eigenvalue weighted by Gasteiger charge is 2.54. The second kappa shape index (κ2) is 5.73. The molecule has 0 radical (unpaired) electrons. The number of likely N-dealkylation sites (tertiary alicyclic amines) is 1. The molecule has 1 heterocycles. The molecule has 1 unspecified atom stereocenters. The molecule has 1 aliphatic rings. The Hall–Kier alpha value is -2.37. The van der Waals surface area contributed by atoms with Crippen LogP contribution in [0.5, 0.6) is 0 Å². The molecule has 0 spiro atoms. The van der Waals surface area contributed by atoms with Gasteiger partial charge in [-0.25, -0.2) is 0 Å². The van der Waals surface area contributed by atoms with Crippen LogP contribution in [0.15, 0.2) is 30.3 Å². The molecule has 0 aromatic heterocycles. The van der Waals surface area contributed by atoms with Crippen LogP contribution in [0, 0.1) is 28.1 Å². The van der Waals surface area contributed by atoms with Crippen LogP contribution in [-0.4, -0.2) is 23.6 Å². The van der Waals surface area contributed by atoms with E-state index in [1.165, 1.54) is 4.90 Å². The molecule has 1 atom stereocenters. The Balaban J connectivity index is 2.30. The van der Waals surface area contributed by atoms with Crippen molar-refractivity contribution >= 4 is 5.91 Å². The summed E-state index contributed by atoms with van der Waals surface area (Å²) < 4.78 is 5.52. The zero-order chi connectivity index (χ0) is 14.6. The van der Waals surface area contributed by atoms with Gasteiger partial charge in [-0.05, 0) is 12.5 Å². The third kappa shape index (κ3) is 2.36. The van der Waals surface area contributed by atoms with Gasteiger partial charge in [0.2, 0.25) is 5.91 Å². The fourth-order valence-electron chi connectivity index (χ4n) is 2.38. The fourth-order valence-corrected chi connectivity index (χ4v) is 2.38. The molecule has 1 aromatic carbocycles. The van der Waals surface area contributed by atoms with E-state index in [4.69, 9.17) is 4.74 Å². The Kier molecular flexibility index (Phi) is 4.02. The average Bonchev–Trinajstić information content (AvgIpc) is 2.74. The third-order valence-corrected chi connectivity index (χ3v) is 3.37. The lowest BCUT2D eigenvalue weighted by molar-refractivity contribution is -0.138. The standard InChI is InChI=1S/C15H15N3O2/c1-2-20-14-15(10-16,11-17)8-13(19)18(14)9-12-6-4-3-5-7-12/h3-7,14H,2,8-9H2,1H3. The monoisotopic (exact) mass is 269 g/mol. The van der Waals surface area contributed by atoms with Crippen molar-refractivity contribution in [2.24, 2.45) is 5.41 Å². The Morgan fingerprint density at radius 1 is 1.35 bits per heavy atom. The highest BCUT2D eigenvalue weighted by Crippen LogP contribution is 2.38. The number of rotatable bonds is 4. The molecule has 1 amide bonds. The second-order valence-electron chi connectivity index (χ2n) is 4.69. The summed E-state index contributed by atoms with van der Waals surface area (Å²) in [6, 6.07) is 13.4. The Morgan fingerprint density at radius 3 is 2.55 bits per heavy atom. The molecule has 1 aromatic rings. The van der Waals surface area contributed by atoms with Crippen LogP contribution in [0.3, 0.4) is 0 Å². The van der Waals surface area contributed by atoms with Crippen LogP contribution in [0.2, 0.25) is 0 Å². The van der Waals surface area contributed by atoms with Gasteiger partial charge in [0.05, 0.1) is 18.6 Å². The summed E-state index contributed by atoms with van der Waals surface area (Å²) >= 11 is 0. The lowest BCUT2D eigenvalue weighted by Crippen LogP contribution is -2.41. The van der Waals surface area contributed by atoms with Gasteiger partial charge in [-0.1, -0.05) is 30.3 Å². The number of carbonyl (C=O) groups excluding carboxylic acids is 1. The van der Waals surface area contributed by atoms with Crippen molar-refractivity contribution in [1.29, 1.82) is 10.5 Å². The third-order valence-electron chi connectivity index (χ3n) is 3.37. The largest absolute Gasteiger partial charge is 0.356 e. The molecule has 0 bridgehead atoms. The van der Waals surface area contributed by atoms with E-state index in [-0.39, 0.29) is 12.3 Å². The van der Waals surface area contributed by atoms with Gasteiger partial charge in [0.25, 0.3) is 0 Å². The number of benzene rings is 1. The van der Waals surface area contributed by atoms with Crippen LogP contribution in [-0.2, 0) is 16.1 Å². The number of amides is 1. The number of nitrogens with zero attached hydrogens (tertiary/aromatic N) is 3. The van der Waals surface area contributed by atoms with E-state index in [0.717, 1.165) is 5.56 Å². The summed E-state index contributed by atoms with van der Waals surface area (Å²) in [5, 5.41) is 18.6. The molecule has 2 rings (SSSR count). The molecule has 5 nitrogen and oxygen atoms in total. The van der Waals surface area contributed by atoms with Gasteiger partial charge in [0.1, 0.15) is 0 Å². The zero-order valence-corrected chi connectivity index (χ0v) is 11.2. The van der Waals surface area contributed by atoms with Gasteiger partial charge in [-0.3, -0.25) is 4.79 Å². The average molecular weight is 269 g/mol. The molecule has 1 aliphatic heterocycles. The summed E-state index contributed by atoms with van der Waals surface area (Å²) in [5.41, 5.74) is -0.473. The summed E-state index contributed by atoms with van der Waals surface area (Å²) in [6.45, 7) is 2.47. The maximum atomic E-state index is 12.1. The van der Waals surface area contributed by atoms with E-state index < -0.39 is 11.6 Å². The van der Waals surface area contributed by atoms with Gasteiger partial charge in [0, 0.05) is 13.2 Å². The van der Waals surface area contributed by atoms with Gasteiger partial charge < -0.3 is 9.64 Å². The van der Waals surface area contributed by atoms with Gasteiger partial charge in [-0.2, -0.15) is 10.5 Å². The summed E-state index contributed by atoms with van der Waals surface area (Å²) in [5.74, 6) is -0.226. The molecule has 0 saturated carbocycles. The smallest absolute Gasteiger partial charge is 0.227 e. The molecule has 0 N–H and O–H groups in total. The predicted octanol–water partition coefficient (Wildman–Crippen LogP) is 1.82. The fraction of sp³-hybridized carbons (Fsp3) is 0.400. The van der Waals surface area contributed by atoms with Crippen molar-refractivity contribution in [3.63, 3.8) is 0 Å². The van der Waals surface area contributed by atoms with E-state index >= 15 is 0 Å². The van der Waals surface area contributed by atoms with Crippen molar-refractivity contribution in [3.05, 3.63) is 35.9 Å². The van der Waals surface area contributed by atoms with Crippen molar-refractivity contribution in [1.82, 2.24) is 4.90 Å². The van der Waals surface area contributed by atoms with E-state index in [1.807, 2.05) is 42.5 Å². The van der Waals surface area contributed by atoms with Crippen molar-refractivity contribution in [3.8, 4) is 12.1 Å². The quantitative estimate of drug-likeness (QED) is 0.835. The van der Waals surface area contributed by atoms with Gasteiger partial charge >= 0.3 is 0 Å². The Morgan fingerprint density at radius 2 is 2.00 bits per heavy atom. The maximum absolute atomic E-state index is 12.1. The molecular formula is C15H15N3O2. The number of carbonyl (C=O) groups is 1. The minimum Gasteiger partial charge on any atom is -0.356 e. The summed E-state index contributed by atoms with van der Waals surface area (Å²) in [4.78, 5) is 13.6. The number of nitriles is 2. The van der Waals surface area contributed by atoms with Gasteiger partial charge in [0.15, 0.2) is 11.6 Å². The van der Waals surface area contributed by atoms with Crippen molar-refractivity contribution < 1.29 is 9.53 Å². The number of hydrogen-bond acceptors (Lipinski definition) is 4. The van der Waals surface area contributed by atoms with E-state index in [2.05, 4.69) is 0 Å². The number of hydrogen-bond donors (Lipinski definition) is 0. The molecule has 5 heteroatoms. The molecule has 1 fully saturated rings. The summed E-state index contributed by atoms with van der Waals surface area (Å²) in [7, 11) is 0. The number of ether oxygens (including phenoxy) is 1. The first-order valence-electron chi connectivity index (χ1n) is 6.44. The maximum Gasteiger partial charge on any atom is 0.227 e. The van der Waals surface area contributed by atoms with Crippen LogP contribution < -0.4 is 0 Å². The molecule has 1 saturated heterocycles. The highest BCUT2D eigenvalue weighted by atomic mass is 16.5. The minimum atomic E-state index is -1.41. The van der Waals surface area contributed by atoms with Crippen LogP contribution in [0.1, 0.15) is 18.9 Å². The SMILES string of the molecule is CCOC1N(Cc2ccccc2)C(=O)CC1(C#N)C#N. The van der Waals surface area contributed by atoms with Gasteiger partial charge in [-0.15, -0.1) is 0 Å². The zero-order valence-electron chi connectivity index (χ0n) is 11.2. The van der Waals surface area contributed by atoms with Crippen LogP contribution in [0.4, 0.5) is 0 Å². The molecular weight excluding hydrogens is 254 g/mol.